The number of amides is 1. The van der Waals surface area contributed by atoms with Gasteiger partial charge in [0.15, 0.2) is 5.82 Å². The van der Waals surface area contributed by atoms with Crippen LogP contribution >= 0.6 is 0 Å². The number of nitrogens with zero attached hydrogens (tertiary/aromatic N) is 4. The van der Waals surface area contributed by atoms with Crippen LogP contribution in [0.15, 0.2) is 24.4 Å². The maximum absolute atomic E-state index is 12.8. The summed E-state index contributed by atoms with van der Waals surface area (Å²) >= 11 is 0. The molecule has 1 aliphatic rings. The summed E-state index contributed by atoms with van der Waals surface area (Å²) in [6, 6.07) is 5.20. The van der Waals surface area contributed by atoms with Crippen molar-refractivity contribution in [2.45, 2.75) is 26.3 Å². The molecule has 0 fully saturated rings. The van der Waals surface area contributed by atoms with Crippen LogP contribution in [-0.4, -0.2) is 39.6 Å². The normalized spacial score (nSPS) is 15.2. The number of nitrogen functional groups attached to an aromatic ring is 2. The van der Waals surface area contributed by atoms with Crippen LogP contribution in [0.3, 0.4) is 0 Å². The molecule has 10 nitrogen and oxygen atoms in total. The number of hydrogen-bond donors (Lipinski definition) is 3. The van der Waals surface area contributed by atoms with Crippen LogP contribution < -0.4 is 26.3 Å². The van der Waals surface area contributed by atoms with Crippen molar-refractivity contribution in [1.29, 1.82) is 0 Å². The Morgan fingerprint density at radius 3 is 2.77 bits per heavy atom. The first-order chi connectivity index (χ1) is 14.9. The first kappa shape index (κ1) is 20.3. The lowest BCUT2D eigenvalue weighted by atomic mass is 9.90. The molecule has 3 aromatic rings. The number of carbonyl (C=O) groups is 1. The quantitative estimate of drug-likeness (QED) is 0.560. The van der Waals surface area contributed by atoms with Crippen molar-refractivity contribution in [3.63, 3.8) is 0 Å². The lowest BCUT2D eigenvalue weighted by Crippen LogP contribution is -2.37. The zero-order valence-electron chi connectivity index (χ0n) is 17.5. The molecule has 10 heteroatoms. The van der Waals surface area contributed by atoms with Crippen LogP contribution in [0.4, 0.5) is 11.8 Å². The first-order valence-electron chi connectivity index (χ1n) is 9.78. The second-order valence-corrected chi connectivity index (χ2v) is 7.05. The monoisotopic (exact) mass is 421 g/mol. The average Bonchev–Trinajstić information content (AvgIpc) is 2.74. The summed E-state index contributed by atoms with van der Waals surface area (Å²) in [6.07, 6.45) is 2.02. The van der Waals surface area contributed by atoms with Crippen LogP contribution in [0, 0.1) is 6.92 Å². The zero-order chi connectivity index (χ0) is 22.1. The number of ether oxygens (including phenoxy) is 2. The number of nitrogens with one attached hydrogen (secondary N) is 1. The van der Waals surface area contributed by atoms with E-state index in [2.05, 4.69) is 25.3 Å². The largest absolute Gasteiger partial charge is 0.497 e. The number of anilines is 2. The predicted octanol–water partition coefficient (Wildman–Crippen LogP) is 1.84. The predicted molar refractivity (Wildman–Crippen MR) is 115 cm³/mol. The smallest absolute Gasteiger partial charge is 0.257 e. The van der Waals surface area contributed by atoms with Crippen molar-refractivity contribution in [2.75, 3.05) is 25.2 Å². The molecule has 0 radical (unpaired) electrons. The van der Waals surface area contributed by atoms with Crippen molar-refractivity contribution in [1.82, 2.24) is 25.3 Å². The Bertz CT molecular complexity index is 1170. The molecule has 1 amide bonds. The van der Waals surface area contributed by atoms with Gasteiger partial charge in [0.1, 0.15) is 5.75 Å². The summed E-state index contributed by atoms with van der Waals surface area (Å²) in [5.41, 5.74) is 15.4. The van der Waals surface area contributed by atoms with Gasteiger partial charge in [-0.1, -0.05) is 6.07 Å². The van der Waals surface area contributed by atoms with E-state index in [1.165, 1.54) is 0 Å². The Labute approximate surface area is 179 Å². The summed E-state index contributed by atoms with van der Waals surface area (Å²) in [4.78, 5) is 30.0. The van der Waals surface area contributed by atoms with Crippen LogP contribution in [0.25, 0.3) is 11.3 Å². The van der Waals surface area contributed by atoms with Gasteiger partial charge in [-0.15, -0.1) is 0 Å². The van der Waals surface area contributed by atoms with Gasteiger partial charge >= 0.3 is 0 Å². The highest BCUT2D eigenvalue weighted by molar-refractivity contribution is 5.98. The topological polar surface area (TPSA) is 151 Å². The van der Waals surface area contributed by atoms with Crippen molar-refractivity contribution >= 4 is 17.7 Å². The molecule has 31 heavy (non-hydrogen) atoms. The fourth-order valence-corrected chi connectivity index (χ4v) is 3.70. The van der Waals surface area contributed by atoms with Gasteiger partial charge in [0.2, 0.25) is 5.95 Å². The second-order valence-electron chi connectivity index (χ2n) is 7.05. The number of methoxy groups -OCH3 is 1. The van der Waals surface area contributed by atoms with Gasteiger partial charge in [-0.25, -0.2) is 19.9 Å². The number of fused-ring (bicyclic) bond motifs is 1. The Morgan fingerprint density at radius 2 is 2.03 bits per heavy atom. The van der Waals surface area contributed by atoms with E-state index in [0.717, 1.165) is 11.1 Å². The number of benzene rings is 1. The SMILES string of the molecule is CCOc1nc(-c2cc(OC)ccc2C2Cc3nc(N)nc(C)c3C(=O)N2)cnc1N. The summed E-state index contributed by atoms with van der Waals surface area (Å²) in [7, 11) is 1.58. The van der Waals surface area contributed by atoms with Gasteiger partial charge in [-0.2, -0.15) is 0 Å². The van der Waals surface area contributed by atoms with E-state index in [1.807, 2.05) is 25.1 Å². The van der Waals surface area contributed by atoms with Crippen molar-refractivity contribution in [3.05, 3.63) is 46.9 Å². The molecule has 160 valence electrons. The number of hydrogen-bond acceptors (Lipinski definition) is 9. The van der Waals surface area contributed by atoms with Gasteiger partial charge in [0.05, 0.1) is 48.6 Å². The maximum atomic E-state index is 12.8. The highest BCUT2D eigenvalue weighted by Gasteiger charge is 2.31. The molecule has 0 aliphatic carbocycles. The van der Waals surface area contributed by atoms with E-state index in [1.54, 1.807) is 20.2 Å². The van der Waals surface area contributed by atoms with E-state index in [-0.39, 0.29) is 29.6 Å². The minimum atomic E-state index is -0.357. The third-order valence-electron chi connectivity index (χ3n) is 5.07. The molecule has 3 heterocycles. The van der Waals surface area contributed by atoms with E-state index >= 15 is 0 Å². The molecule has 4 rings (SSSR count). The molecule has 2 aromatic heterocycles. The summed E-state index contributed by atoms with van der Waals surface area (Å²) in [6.45, 7) is 3.99. The molecule has 1 unspecified atom stereocenters. The van der Waals surface area contributed by atoms with E-state index in [9.17, 15) is 4.79 Å². The second kappa shape index (κ2) is 8.05. The number of aryl methyl sites for hydroxylation is 1. The Balaban J connectivity index is 1.81. The van der Waals surface area contributed by atoms with Gasteiger partial charge in [0, 0.05) is 12.0 Å². The number of aromatic nitrogens is 4. The van der Waals surface area contributed by atoms with Crippen LogP contribution in [0.1, 0.15) is 40.3 Å². The zero-order valence-corrected chi connectivity index (χ0v) is 17.5. The lowest BCUT2D eigenvalue weighted by molar-refractivity contribution is 0.0922. The molecule has 0 spiro atoms. The summed E-state index contributed by atoms with van der Waals surface area (Å²) < 4.78 is 10.9. The average molecular weight is 421 g/mol. The standard InChI is InChI=1S/C21H23N7O3/c1-4-31-20-18(22)24-9-16(27-20)13-7-11(30-3)5-6-12(13)14-8-15-17(19(29)26-14)10(2)25-21(23)28-15/h5-7,9,14H,4,8H2,1-3H3,(H2,22,24)(H,26,29)(H2,23,25,28). The van der Waals surface area contributed by atoms with Gasteiger partial charge in [0.25, 0.3) is 11.8 Å². The molecule has 1 atom stereocenters. The maximum Gasteiger partial charge on any atom is 0.257 e. The minimum Gasteiger partial charge on any atom is -0.497 e. The van der Waals surface area contributed by atoms with Crippen molar-refractivity contribution < 1.29 is 14.3 Å². The van der Waals surface area contributed by atoms with Crippen LogP contribution in [-0.2, 0) is 6.42 Å². The van der Waals surface area contributed by atoms with Crippen LogP contribution in [0.5, 0.6) is 11.6 Å². The van der Waals surface area contributed by atoms with Crippen molar-refractivity contribution in [3.8, 4) is 22.9 Å². The highest BCUT2D eigenvalue weighted by atomic mass is 16.5. The first-order valence-corrected chi connectivity index (χ1v) is 9.78. The molecule has 5 N–H and O–H groups in total. The minimum absolute atomic E-state index is 0.144. The fraction of sp³-hybridized carbons (Fsp3) is 0.286. The molecule has 1 aromatic carbocycles. The summed E-state index contributed by atoms with van der Waals surface area (Å²) in [5.74, 6) is 0.995. The number of nitrogens with two attached hydrogens (primary N) is 2. The third kappa shape index (κ3) is 3.79. The lowest BCUT2D eigenvalue weighted by Gasteiger charge is -2.27. The van der Waals surface area contributed by atoms with Gasteiger partial charge in [-0.05, 0) is 31.5 Å². The Kier molecular flexibility index (Phi) is 5.28. The van der Waals surface area contributed by atoms with Crippen LogP contribution in [0.2, 0.25) is 0 Å². The Morgan fingerprint density at radius 1 is 1.23 bits per heavy atom. The highest BCUT2D eigenvalue weighted by Crippen LogP contribution is 2.35. The summed E-state index contributed by atoms with van der Waals surface area (Å²) in [5, 5.41) is 3.04. The number of carbonyl (C=O) groups excluding carboxylic acids is 1. The molecule has 1 aliphatic heterocycles. The third-order valence-corrected chi connectivity index (χ3v) is 5.07. The fourth-order valence-electron chi connectivity index (χ4n) is 3.70. The number of rotatable bonds is 5. The molecular weight excluding hydrogens is 398 g/mol. The van der Waals surface area contributed by atoms with Gasteiger partial charge in [-0.3, -0.25) is 4.79 Å². The van der Waals surface area contributed by atoms with E-state index in [0.29, 0.717) is 41.4 Å². The van der Waals surface area contributed by atoms with Crippen molar-refractivity contribution in [2.24, 2.45) is 0 Å². The van der Waals surface area contributed by atoms with E-state index in [4.69, 9.17) is 20.9 Å². The molecule has 0 saturated carbocycles. The molecular formula is C21H23N7O3. The molecule has 0 bridgehead atoms. The van der Waals surface area contributed by atoms with Gasteiger partial charge < -0.3 is 26.3 Å². The molecule has 0 saturated heterocycles. The van der Waals surface area contributed by atoms with E-state index < -0.39 is 0 Å². The Hall–Kier alpha value is -3.95.